The number of methoxy groups -OCH3 is 1. The van der Waals surface area contributed by atoms with E-state index >= 15 is 0 Å². The molecule has 1 N–H and O–H groups in total. The number of hydrogen-bond donors (Lipinski definition) is 1. The van der Waals surface area contributed by atoms with Crippen molar-refractivity contribution in [1.29, 1.82) is 0 Å². The molecular weight excluding hydrogens is 563 g/mol. The third kappa shape index (κ3) is 10.4. The number of hydrogen-bond acceptors (Lipinski definition) is 7. The van der Waals surface area contributed by atoms with Crippen molar-refractivity contribution in [2.75, 3.05) is 40.7 Å². The molecule has 0 radical (unpaired) electrons. The van der Waals surface area contributed by atoms with Crippen molar-refractivity contribution in [3.8, 4) is 11.5 Å². The molecule has 3 rings (SSSR count). The number of nitrogens with zero attached hydrogens (tertiary/aromatic N) is 1. The second-order valence-corrected chi connectivity index (χ2v) is 12.8. The summed E-state index contributed by atoms with van der Waals surface area (Å²) in [5.74, 6) is 0.698. The van der Waals surface area contributed by atoms with Gasteiger partial charge in [0.05, 0.1) is 6.10 Å². The van der Waals surface area contributed by atoms with Gasteiger partial charge in [-0.3, -0.25) is 9.36 Å². The first-order chi connectivity index (χ1) is 20.5. The Bertz CT molecular complexity index is 1370. The fraction of sp³-hybridized carbons (Fsp3) is 0.382. The Balaban J connectivity index is 1.94. The van der Waals surface area contributed by atoms with Crippen LogP contribution in [0.4, 0.5) is 0 Å². The highest BCUT2D eigenvalue weighted by molar-refractivity contribution is 7.57. The van der Waals surface area contributed by atoms with Crippen LogP contribution >= 0.6 is 7.52 Å². The van der Waals surface area contributed by atoms with Gasteiger partial charge in [0.2, 0.25) is 0 Å². The minimum absolute atomic E-state index is 0.212. The molecule has 1 unspecified atom stereocenters. The molecule has 0 fully saturated rings. The van der Waals surface area contributed by atoms with E-state index in [4.69, 9.17) is 18.7 Å². The molecule has 9 heteroatoms. The van der Waals surface area contributed by atoms with Crippen LogP contribution in [-0.4, -0.2) is 63.7 Å². The first-order valence-corrected chi connectivity index (χ1v) is 16.4. The van der Waals surface area contributed by atoms with Gasteiger partial charge in [0.25, 0.3) is 0 Å². The maximum atomic E-state index is 13.6. The summed E-state index contributed by atoms with van der Waals surface area (Å²) in [4.78, 5) is 14.4. The van der Waals surface area contributed by atoms with Gasteiger partial charge in [0.15, 0.2) is 0 Å². The van der Waals surface area contributed by atoms with Crippen LogP contribution in [0.25, 0.3) is 11.1 Å². The highest BCUT2D eigenvalue weighted by atomic mass is 31.2. The van der Waals surface area contributed by atoms with Crippen LogP contribution in [-0.2, 0) is 18.8 Å². The monoisotopic (exact) mass is 608 g/mol. The maximum absolute atomic E-state index is 13.6. The molecule has 0 saturated carbocycles. The zero-order valence-corrected chi connectivity index (χ0v) is 27.2. The summed E-state index contributed by atoms with van der Waals surface area (Å²) in [7, 11) is 1.89. The third-order valence-electron chi connectivity index (χ3n) is 6.52. The molecule has 0 aliphatic heterocycles. The zero-order chi connectivity index (χ0) is 31.4. The van der Waals surface area contributed by atoms with E-state index in [9.17, 15) is 9.36 Å². The van der Waals surface area contributed by atoms with Crippen LogP contribution < -0.4 is 14.3 Å². The lowest BCUT2D eigenvalue weighted by molar-refractivity contribution is -0.149. The zero-order valence-electron chi connectivity index (χ0n) is 26.3. The number of esters is 1. The van der Waals surface area contributed by atoms with Crippen molar-refractivity contribution >= 4 is 24.6 Å². The molecule has 0 spiro atoms. The van der Waals surface area contributed by atoms with E-state index in [1.807, 2.05) is 56.6 Å². The Morgan fingerprint density at radius 2 is 1.44 bits per heavy atom. The van der Waals surface area contributed by atoms with Gasteiger partial charge in [-0.2, -0.15) is 0 Å². The summed E-state index contributed by atoms with van der Waals surface area (Å²) >= 11 is 0. The summed E-state index contributed by atoms with van der Waals surface area (Å²) in [6.07, 6.45) is 0.316. The molecule has 3 aromatic carbocycles. The van der Waals surface area contributed by atoms with Crippen LogP contribution in [0.1, 0.15) is 50.8 Å². The second kappa shape index (κ2) is 16.4. The molecule has 3 aromatic rings. The van der Waals surface area contributed by atoms with Gasteiger partial charge in [-0.05, 0) is 93.4 Å². The number of carbonyl (C=O) groups is 1. The first kappa shape index (κ1) is 34.1. The van der Waals surface area contributed by atoms with Gasteiger partial charge in [0.1, 0.15) is 30.5 Å². The van der Waals surface area contributed by atoms with E-state index < -0.39 is 19.5 Å². The number of allylic oxidation sites excluding steroid dienone is 1. The van der Waals surface area contributed by atoms with E-state index in [-0.39, 0.29) is 12.5 Å². The Morgan fingerprint density at radius 3 is 1.95 bits per heavy atom. The summed E-state index contributed by atoms with van der Waals surface area (Å²) in [6, 6.07) is 25.1. The third-order valence-corrected chi connectivity index (χ3v) is 8.40. The highest BCUT2D eigenvalue weighted by Gasteiger charge is 2.31. The van der Waals surface area contributed by atoms with Crippen molar-refractivity contribution in [2.24, 2.45) is 0 Å². The van der Waals surface area contributed by atoms with Crippen LogP contribution in [0.15, 0.2) is 78.9 Å². The number of ether oxygens (including phenoxy) is 3. The van der Waals surface area contributed by atoms with E-state index in [2.05, 4.69) is 41.2 Å². The van der Waals surface area contributed by atoms with Crippen LogP contribution in [0.2, 0.25) is 0 Å². The standard InChI is InChI=1S/C34H45N2O6P/c1-8-32(27-12-10-9-11-13-27)33(28-14-18-30(19-15-28)40-23-22-36(5)6)29-16-20-31(21-17-29)42-43(38,24-39-7)35-26(4)34(37)41-25(2)3/h9-21,25-26H,8,22-24H2,1-7H3,(H,35,38)/b33-32+/t26-,43?/m0/s1. The minimum atomic E-state index is -3.59. The summed E-state index contributed by atoms with van der Waals surface area (Å²) in [6.45, 7) is 8.71. The van der Waals surface area contributed by atoms with Crippen LogP contribution in [0.5, 0.6) is 11.5 Å². The molecule has 0 aliphatic carbocycles. The van der Waals surface area contributed by atoms with Crippen LogP contribution in [0.3, 0.4) is 0 Å². The largest absolute Gasteiger partial charge is 0.492 e. The lowest BCUT2D eigenvalue weighted by Gasteiger charge is -2.23. The van der Waals surface area contributed by atoms with Gasteiger partial charge in [-0.15, -0.1) is 0 Å². The van der Waals surface area contributed by atoms with E-state index in [1.165, 1.54) is 12.7 Å². The van der Waals surface area contributed by atoms with Gasteiger partial charge >= 0.3 is 13.5 Å². The van der Waals surface area contributed by atoms with Crippen molar-refractivity contribution in [3.63, 3.8) is 0 Å². The average molecular weight is 609 g/mol. The Labute approximate surface area is 256 Å². The van der Waals surface area contributed by atoms with E-state index in [1.54, 1.807) is 32.9 Å². The Kier molecular flexibility index (Phi) is 13.0. The molecule has 0 amide bonds. The number of benzene rings is 3. The van der Waals surface area contributed by atoms with Gasteiger partial charge in [-0.1, -0.05) is 61.5 Å². The topological polar surface area (TPSA) is 86.3 Å². The van der Waals surface area contributed by atoms with Gasteiger partial charge in [0, 0.05) is 13.7 Å². The molecular formula is C34H45N2O6P. The molecule has 8 nitrogen and oxygen atoms in total. The molecule has 0 aromatic heterocycles. The number of carbonyl (C=O) groups excluding carboxylic acids is 1. The Morgan fingerprint density at radius 1 is 0.860 bits per heavy atom. The predicted molar refractivity (Wildman–Crippen MR) is 174 cm³/mol. The fourth-order valence-corrected chi connectivity index (χ4v) is 6.22. The lowest BCUT2D eigenvalue weighted by Crippen LogP contribution is -2.36. The predicted octanol–water partition coefficient (Wildman–Crippen LogP) is 7.10. The fourth-order valence-electron chi connectivity index (χ4n) is 4.54. The molecule has 0 aliphatic rings. The van der Waals surface area contributed by atoms with Gasteiger partial charge < -0.3 is 23.6 Å². The minimum Gasteiger partial charge on any atom is -0.492 e. The van der Waals surface area contributed by atoms with Crippen molar-refractivity contribution in [3.05, 3.63) is 95.6 Å². The molecule has 2 atom stereocenters. The molecule has 0 bridgehead atoms. The molecule has 0 saturated heterocycles. The van der Waals surface area contributed by atoms with Crippen molar-refractivity contribution < 1.29 is 28.1 Å². The lowest BCUT2D eigenvalue weighted by atomic mass is 9.88. The number of nitrogens with one attached hydrogen (secondary N) is 1. The average Bonchev–Trinajstić information content (AvgIpc) is 2.97. The summed E-state index contributed by atoms with van der Waals surface area (Å²) in [5, 5.41) is 2.80. The van der Waals surface area contributed by atoms with Crippen molar-refractivity contribution in [2.45, 2.75) is 46.3 Å². The molecule has 232 valence electrons. The van der Waals surface area contributed by atoms with E-state index in [0.717, 1.165) is 41.0 Å². The molecule has 0 heterocycles. The Hall–Kier alpha value is -3.42. The van der Waals surface area contributed by atoms with Crippen molar-refractivity contribution in [1.82, 2.24) is 9.99 Å². The van der Waals surface area contributed by atoms with Gasteiger partial charge in [-0.25, -0.2) is 5.09 Å². The molecule has 43 heavy (non-hydrogen) atoms. The maximum Gasteiger partial charge on any atom is 0.342 e. The highest BCUT2D eigenvalue weighted by Crippen LogP contribution is 2.44. The summed E-state index contributed by atoms with van der Waals surface area (Å²) in [5.41, 5.74) is 5.46. The number of rotatable bonds is 16. The van der Waals surface area contributed by atoms with E-state index in [0.29, 0.717) is 12.4 Å². The normalized spacial score (nSPS) is 14.2. The SMILES string of the molecule is CC/C(=C(/c1ccc(OCCN(C)C)cc1)c1ccc(OP(=O)(COC)N[C@@H](C)C(=O)OC(C)C)cc1)c1ccccc1. The second-order valence-electron chi connectivity index (χ2n) is 10.8. The quantitative estimate of drug-likeness (QED) is 0.105. The summed E-state index contributed by atoms with van der Waals surface area (Å²) < 4.78 is 35.9. The number of likely N-dealkylation sites (N-methyl/N-ethyl adjacent to an activating group) is 1. The van der Waals surface area contributed by atoms with Crippen LogP contribution in [0, 0.1) is 0 Å². The first-order valence-electron chi connectivity index (χ1n) is 14.6. The smallest absolute Gasteiger partial charge is 0.342 e.